The summed E-state index contributed by atoms with van der Waals surface area (Å²) in [5, 5.41) is 0. The van der Waals surface area contributed by atoms with Crippen LogP contribution in [0, 0.1) is 6.92 Å². The summed E-state index contributed by atoms with van der Waals surface area (Å²) < 4.78 is 0. The molecule has 1 aliphatic carbocycles. The molecule has 1 aromatic heterocycles. The Kier molecular flexibility index (Phi) is 5.12. The van der Waals surface area contributed by atoms with Gasteiger partial charge in [0, 0.05) is 24.3 Å². The molecule has 1 aliphatic rings. The number of aromatic nitrogens is 1. The normalized spacial score (nSPS) is 22.6. The molecule has 0 aromatic carbocycles. The van der Waals surface area contributed by atoms with Gasteiger partial charge in [-0.15, -0.1) is 0 Å². The highest BCUT2D eigenvalue weighted by molar-refractivity contribution is 5.92. The van der Waals surface area contributed by atoms with Gasteiger partial charge in [-0.3, -0.25) is 4.79 Å². The minimum absolute atomic E-state index is 0.0658. The van der Waals surface area contributed by atoms with Gasteiger partial charge in [0.15, 0.2) is 0 Å². The van der Waals surface area contributed by atoms with Crippen LogP contribution in [0.3, 0.4) is 0 Å². The number of nitrogens with two attached hydrogens (primary N) is 1. The fraction of sp³-hybridized carbons (Fsp3) is 0.625. The molecule has 1 aromatic rings. The molecule has 2 N–H and O–H groups in total. The third-order valence-electron chi connectivity index (χ3n) is 4.01. The summed E-state index contributed by atoms with van der Waals surface area (Å²) in [6.45, 7) is 4.83. The summed E-state index contributed by atoms with van der Waals surface area (Å²) in [6.07, 6.45) is 5.02. The van der Waals surface area contributed by atoms with Crippen LogP contribution in [-0.2, 0) is 0 Å². The molecule has 20 heavy (non-hydrogen) atoms. The molecule has 0 unspecified atom stereocenters. The monoisotopic (exact) mass is 275 g/mol. The zero-order chi connectivity index (χ0) is 14.5. The molecule has 2 rings (SSSR count). The second kappa shape index (κ2) is 6.84. The van der Waals surface area contributed by atoms with Gasteiger partial charge in [0.2, 0.25) is 0 Å². The van der Waals surface area contributed by atoms with E-state index in [1.807, 2.05) is 30.0 Å². The second-order valence-electron chi connectivity index (χ2n) is 5.73. The first-order valence-electron chi connectivity index (χ1n) is 7.62. The van der Waals surface area contributed by atoms with Crippen molar-refractivity contribution >= 4 is 5.91 Å². The topological polar surface area (TPSA) is 59.2 Å². The molecule has 1 saturated carbocycles. The quantitative estimate of drug-likeness (QED) is 0.918. The summed E-state index contributed by atoms with van der Waals surface area (Å²) >= 11 is 0. The Hall–Kier alpha value is -1.42. The van der Waals surface area contributed by atoms with E-state index in [1.165, 1.54) is 0 Å². The van der Waals surface area contributed by atoms with Crippen molar-refractivity contribution in [2.75, 3.05) is 6.54 Å². The van der Waals surface area contributed by atoms with E-state index < -0.39 is 0 Å². The van der Waals surface area contributed by atoms with Gasteiger partial charge in [-0.05, 0) is 51.2 Å². The van der Waals surface area contributed by atoms with Crippen molar-refractivity contribution in [2.24, 2.45) is 5.73 Å². The molecule has 110 valence electrons. The lowest BCUT2D eigenvalue weighted by molar-refractivity contribution is 0.0620. The number of amides is 1. The predicted molar refractivity (Wildman–Crippen MR) is 80.5 cm³/mol. The number of hydrogen-bond acceptors (Lipinski definition) is 3. The van der Waals surface area contributed by atoms with Gasteiger partial charge in [-0.25, -0.2) is 4.98 Å². The largest absolute Gasteiger partial charge is 0.334 e. The maximum atomic E-state index is 12.7. The number of rotatable bonds is 4. The molecule has 0 aliphatic heterocycles. The van der Waals surface area contributed by atoms with Crippen LogP contribution in [0.2, 0.25) is 0 Å². The average Bonchev–Trinajstić information content (AvgIpc) is 2.45. The Bertz CT molecular complexity index is 453. The highest BCUT2D eigenvalue weighted by Crippen LogP contribution is 2.23. The van der Waals surface area contributed by atoms with Crippen molar-refractivity contribution in [3.05, 3.63) is 29.6 Å². The lowest BCUT2D eigenvalue weighted by Crippen LogP contribution is -2.44. The summed E-state index contributed by atoms with van der Waals surface area (Å²) in [4.78, 5) is 19.1. The summed E-state index contributed by atoms with van der Waals surface area (Å²) in [5.41, 5.74) is 7.41. The zero-order valence-electron chi connectivity index (χ0n) is 12.5. The molecule has 0 radical (unpaired) electrons. The van der Waals surface area contributed by atoms with E-state index >= 15 is 0 Å². The van der Waals surface area contributed by atoms with Crippen molar-refractivity contribution in [1.82, 2.24) is 9.88 Å². The number of hydrogen-bond donors (Lipinski definition) is 1. The Labute approximate surface area is 121 Å². The molecule has 1 amide bonds. The van der Waals surface area contributed by atoms with Crippen LogP contribution in [0.25, 0.3) is 0 Å². The first kappa shape index (κ1) is 15.0. The summed E-state index contributed by atoms with van der Waals surface area (Å²) in [6, 6.07) is 6.26. The fourth-order valence-electron chi connectivity index (χ4n) is 2.91. The van der Waals surface area contributed by atoms with Crippen LogP contribution in [-0.4, -0.2) is 34.4 Å². The van der Waals surface area contributed by atoms with Crippen LogP contribution >= 0.6 is 0 Å². The van der Waals surface area contributed by atoms with Crippen LogP contribution in [0.1, 0.15) is 55.2 Å². The van der Waals surface area contributed by atoms with E-state index in [1.54, 1.807) is 0 Å². The number of pyridine rings is 1. The molecule has 1 fully saturated rings. The third-order valence-corrected chi connectivity index (χ3v) is 4.01. The van der Waals surface area contributed by atoms with Gasteiger partial charge in [0.1, 0.15) is 5.69 Å². The van der Waals surface area contributed by atoms with Crippen molar-refractivity contribution in [2.45, 2.75) is 58.0 Å². The lowest BCUT2D eigenvalue weighted by atomic mass is 9.90. The van der Waals surface area contributed by atoms with E-state index in [9.17, 15) is 4.79 Å². The van der Waals surface area contributed by atoms with E-state index in [4.69, 9.17) is 5.73 Å². The molecule has 1 heterocycles. The SMILES string of the molecule is CCCN(C(=O)c1cccc(C)n1)C1CCC(N)CC1. The van der Waals surface area contributed by atoms with E-state index in [-0.39, 0.29) is 5.91 Å². The third kappa shape index (κ3) is 3.57. The Morgan fingerprint density at radius 3 is 2.65 bits per heavy atom. The van der Waals surface area contributed by atoms with Gasteiger partial charge in [0.05, 0.1) is 0 Å². The molecular formula is C16H25N3O. The lowest BCUT2D eigenvalue weighted by Gasteiger charge is -2.36. The van der Waals surface area contributed by atoms with Crippen molar-refractivity contribution in [3.63, 3.8) is 0 Å². The Morgan fingerprint density at radius 2 is 2.05 bits per heavy atom. The molecule has 4 heteroatoms. The molecule has 4 nitrogen and oxygen atoms in total. The fourth-order valence-corrected chi connectivity index (χ4v) is 2.91. The van der Waals surface area contributed by atoms with Crippen LogP contribution < -0.4 is 5.73 Å². The van der Waals surface area contributed by atoms with Crippen LogP contribution in [0.5, 0.6) is 0 Å². The van der Waals surface area contributed by atoms with Crippen molar-refractivity contribution < 1.29 is 4.79 Å². The highest BCUT2D eigenvalue weighted by Gasteiger charge is 2.28. The molecule has 0 bridgehead atoms. The standard InChI is InChI=1S/C16H25N3O/c1-3-11-19(14-9-7-13(17)8-10-14)16(20)15-6-4-5-12(2)18-15/h4-6,13-14H,3,7-11,17H2,1-2H3. The van der Waals surface area contributed by atoms with Crippen LogP contribution in [0.4, 0.5) is 0 Å². The first-order valence-corrected chi connectivity index (χ1v) is 7.62. The molecule has 0 spiro atoms. The number of nitrogens with zero attached hydrogens (tertiary/aromatic N) is 2. The zero-order valence-corrected chi connectivity index (χ0v) is 12.5. The molecule has 0 atom stereocenters. The number of carbonyl (C=O) groups excluding carboxylic acids is 1. The van der Waals surface area contributed by atoms with E-state index in [2.05, 4.69) is 11.9 Å². The number of carbonyl (C=O) groups is 1. The van der Waals surface area contributed by atoms with Gasteiger partial charge >= 0.3 is 0 Å². The molecule has 0 saturated heterocycles. The number of aryl methyl sites for hydroxylation is 1. The maximum Gasteiger partial charge on any atom is 0.272 e. The Morgan fingerprint density at radius 1 is 1.35 bits per heavy atom. The van der Waals surface area contributed by atoms with Gasteiger partial charge in [-0.2, -0.15) is 0 Å². The van der Waals surface area contributed by atoms with Gasteiger partial charge < -0.3 is 10.6 Å². The van der Waals surface area contributed by atoms with Gasteiger partial charge in [0.25, 0.3) is 5.91 Å². The Balaban J connectivity index is 2.13. The highest BCUT2D eigenvalue weighted by atomic mass is 16.2. The smallest absolute Gasteiger partial charge is 0.272 e. The second-order valence-corrected chi connectivity index (χ2v) is 5.73. The molecular weight excluding hydrogens is 250 g/mol. The summed E-state index contributed by atoms with van der Waals surface area (Å²) in [7, 11) is 0. The van der Waals surface area contributed by atoms with Crippen molar-refractivity contribution in [1.29, 1.82) is 0 Å². The average molecular weight is 275 g/mol. The minimum Gasteiger partial charge on any atom is -0.334 e. The van der Waals surface area contributed by atoms with E-state index in [0.717, 1.165) is 44.3 Å². The van der Waals surface area contributed by atoms with Gasteiger partial charge in [-0.1, -0.05) is 13.0 Å². The first-order chi connectivity index (χ1) is 9.61. The maximum absolute atomic E-state index is 12.7. The summed E-state index contributed by atoms with van der Waals surface area (Å²) in [5.74, 6) is 0.0658. The van der Waals surface area contributed by atoms with Crippen LogP contribution in [0.15, 0.2) is 18.2 Å². The minimum atomic E-state index is 0.0658. The predicted octanol–water partition coefficient (Wildman–Crippen LogP) is 2.51. The van der Waals surface area contributed by atoms with Crippen molar-refractivity contribution in [3.8, 4) is 0 Å². The van der Waals surface area contributed by atoms with E-state index in [0.29, 0.717) is 17.8 Å².